The Kier molecular flexibility index (Phi) is 2.22. The van der Waals surface area contributed by atoms with Crippen molar-refractivity contribution in [3.05, 3.63) is 23.5 Å². The molecular formula is C7H5F3N2O. The molecule has 0 aliphatic heterocycles. The molecule has 70 valence electrons. The normalized spacial score (nSPS) is 11.3. The SMILES string of the molecule is Nc1cc(C=O)ncc1C(F)(F)F. The second kappa shape index (κ2) is 3.04. The lowest BCUT2D eigenvalue weighted by Gasteiger charge is -2.08. The van der Waals surface area contributed by atoms with Crippen LogP contribution in [0.1, 0.15) is 16.1 Å². The molecule has 13 heavy (non-hydrogen) atoms. The van der Waals surface area contributed by atoms with Crippen LogP contribution in [0, 0.1) is 0 Å². The number of halogens is 3. The molecule has 0 saturated carbocycles. The topological polar surface area (TPSA) is 56.0 Å². The van der Waals surface area contributed by atoms with Crippen molar-refractivity contribution in [2.24, 2.45) is 0 Å². The minimum absolute atomic E-state index is 0.120. The first-order valence-corrected chi connectivity index (χ1v) is 3.23. The summed E-state index contributed by atoms with van der Waals surface area (Å²) < 4.78 is 36.2. The van der Waals surface area contributed by atoms with Crippen LogP contribution in [0.25, 0.3) is 0 Å². The van der Waals surface area contributed by atoms with E-state index < -0.39 is 17.4 Å². The Morgan fingerprint density at radius 3 is 2.46 bits per heavy atom. The van der Waals surface area contributed by atoms with Gasteiger partial charge in [-0.2, -0.15) is 13.2 Å². The molecule has 1 rings (SSSR count). The third-order valence-electron chi connectivity index (χ3n) is 1.38. The largest absolute Gasteiger partial charge is 0.419 e. The molecule has 1 aromatic heterocycles. The number of alkyl halides is 3. The number of nitrogens with zero attached hydrogens (tertiary/aromatic N) is 1. The summed E-state index contributed by atoms with van der Waals surface area (Å²) in [5.74, 6) is 0. The zero-order valence-corrected chi connectivity index (χ0v) is 6.30. The molecule has 0 spiro atoms. The average Bonchev–Trinajstić information content (AvgIpc) is 2.01. The van der Waals surface area contributed by atoms with Gasteiger partial charge in [0.2, 0.25) is 0 Å². The lowest BCUT2D eigenvalue weighted by molar-refractivity contribution is -0.137. The standard InChI is InChI=1S/C7H5F3N2O/c8-7(9,10)5-2-12-4(3-13)1-6(5)11/h1-3H,(H2,11,12). The van der Waals surface area contributed by atoms with Crippen LogP contribution in [0.5, 0.6) is 0 Å². The number of nitrogen functional groups attached to an aromatic ring is 1. The van der Waals surface area contributed by atoms with Crippen molar-refractivity contribution in [3.8, 4) is 0 Å². The van der Waals surface area contributed by atoms with Crippen LogP contribution >= 0.6 is 0 Å². The number of pyridine rings is 1. The Morgan fingerprint density at radius 1 is 1.46 bits per heavy atom. The summed E-state index contributed by atoms with van der Waals surface area (Å²) in [6.07, 6.45) is -3.66. The second-order valence-electron chi connectivity index (χ2n) is 2.31. The molecule has 0 amide bonds. The highest BCUT2D eigenvalue weighted by Gasteiger charge is 2.33. The molecule has 0 bridgehead atoms. The molecule has 0 unspecified atom stereocenters. The summed E-state index contributed by atoms with van der Waals surface area (Å²) in [6.45, 7) is 0. The first kappa shape index (κ1) is 9.50. The van der Waals surface area contributed by atoms with Gasteiger partial charge in [0.25, 0.3) is 0 Å². The van der Waals surface area contributed by atoms with E-state index in [1.807, 2.05) is 0 Å². The van der Waals surface area contributed by atoms with Gasteiger partial charge < -0.3 is 5.73 Å². The van der Waals surface area contributed by atoms with Crippen LogP contribution in [0.3, 0.4) is 0 Å². The maximum atomic E-state index is 12.1. The van der Waals surface area contributed by atoms with Crippen molar-refractivity contribution >= 4 is 12.0 Å². The maximum absolute atomic E-state index is 12.1. The summed E-state index contributed by atoms with van der Waals surface area (Å²) in [5.41, 5.74) is 3.42. The summed E-state index contributed by atoms with van der Waals surface area (Å²) in [6, 6.07) is 0.885. The van der Waals surface area contributed by atoms with Gasteiger partial charge in [-0.05, 0) is 6.07 Å². The van der Waals surface area contributed by atoms with E-state index in [0.717, 1.165) is 6.07 Å². The number of rotatable bonds is 1. The first-order chi connectivity index (χ1) is 5.95. The number of hydrogen-bond acceptors (Lipinski definition) is 3. The van der Waals surface area contributed by atoms with Crippen LogP contribution in [-0.4, -0.2) is 11.3 Å². The molecule has 2 N–H and O–H groups in total. The van der Waals surface area contributed by atoms with Gasteiger partial charge in [0.1, 0.15) is 5.69 Å². The van der Waals surface area contributed by atoms with Crippen LogP contribution in [0.15, 0.2) is 12.3 Å². The van der Waals surface area contributed by atoms with Gasteiger partial charge in [0.05, 0.1) is 5.56 Å². The van der Waals surface area contributed by atoms with Crippen LogP contribution in [-0.2, 0) is 6.18 Å². The Labute approximate surface area is 71.4 Å². The molecule has 0 aliphatic carbocycles. The summed E-state index contributed by atoms with van der Waals surface area (Å²) in [7, 11) is 0. The summed E-state index contributed by atoms with van der Waals surface area (Å²) in [4.78, 5) is 13.4. The van der Waals surface area contributed by atoms with E-state index in [4.69, 9.17) is 5.73 Å². The predicted molar refractivity (Wildman–Crippen MR) is 39.0 cm³/mol. The van der Waals surface area contributed by atoms with Crippen molar-refractivity contribution in [2.45, 2.75) is 6.18 Å². The number of anilines is 1. The van der Waals surface area contributed by atoms with Crippen molar-refractivity contribution < 1.29 is 18.0 Å². The second-order valence-corrected chi connectivity index (χ2v) is 2.31. The third-order valence-corrected chi connectivity index (χ3v) is 1.38. The first-order valence-electron chi connectivity index (χ1n) is 3.23. The van der Waals surface area contributed by atoms with Gasteiger partial charge in [-0.25, -0.2) is 0 Å². The highest BCUT2D eigenvalue weighted by atomic mass is 19.4. The molecule has 6 heteroatoms. The van der Waals surface area contributed by atoms with E-state index in [-0.39, 0.29) is 5.69 Å². The Balaban J connectivity index is 3.20. The van der Waals surface area contributed by atoms with Gasteiger partial charge in [0, 0.05) is 11.9 Å². The van der Waals surface area contributed by atoms with Crippen LogP contribution in [0.4, 0.5) is 18.9 Å². The zero-order chi connectivity index (χ0) is 10.1. The molecule has 0 saturated heterocycles. The minimum atomic E-state index is -4.53. The molecule has 0 aromatic carbocycles. The monoisotopic (exact) mass is 190 g/mol. The smallest absolute Gasteiger partial charge is 0.398 e. The van der Waals surface area contributed by atoms with E-state index in [1.165, 1.54) is 0 Å². The van der Waals surface area contributed by atoms with Gasteiger partial charge in [0.15, 0.2) is 6.29 Å². The van der Waals surface area contributed by atoms with E-state index in [1.54, 1.807) is 0 Å². The van der Waals surface area contributed by atoms with Crippen LogP contribution in [0.2, 0.25) is 0 Å². The average molecular weight is 190 g/mol. The minimum Gasteiger partial charge on any atom is -0.398 e. The van der Waals surface area contributed by atoms with E-state index in [2.05, 4.69) is 4.98 Å². The summed E-state index contributed by atoms with van der Waals surface area (Å²) in [5, 5.41) is 0. The molecule has 3 nitrogen and oxygen atoms in total. The van der Waals surface area contributed by atoms with E-state index >= 15 is 0 Å². The Hall–Kier alpha value is -1.59. The van der Waals surface area contributed by atoms with Crippen molar-refractivity contribution in [3.63, 3.8) is 0 Å². The highest BCUT2D eigenvalue weighted by molar-refractivity contribution is 5.74. The highest BCUT2D eigenvalue weighted by Crippen LogP contribution is 2.32. The van der Waals surface area contributed by atoms with Gasteiger partial charge in [-0.3, -0.25) is 9.78 Å². The van der Waals surface area contributed by atoms with Crippen molar-refractivity contribution in [1.82, 2.24) is 4.98 Å². The van der Waals surface area contributed by atoms with Gasteiger partial charge in [-0.15, -0.1) is 0 Å². The molecule has 1 aromatic rings. The number of nitrogens with two attached hydrogens (primary N) is 1. The number of carbonyl (C=O) groups excluding carboxylic acids is 1. The molecular weight excluding hydrogens is 185 g/mol. The molecule has 0 atom stereocenters. The maximum Gasteiger partial charge on any atom is 0.419 e. The van der Waals surface area contributed by atoms with E-state index in [0.29, 0.717) is 12.5 Å². The summed E-state index contributed by atoms with van der Waals surface area (Å²) >= 11 is 0. The fourth-order valence-electron chi connectivity index (χ4n) is 0.789. The fraction of sp³-hybridized carbons (Fsp3) is 0.143. The lowest BCUT2D eigenvalue weighted by Crippen LogP contribution is -2.10. The lowest BCUT2D eigenvalue weighted by atomic mass is 10.2. The number of aldehydes is 1. The number of aromatic nitrogens is 1. The molecule has 0 fully saturated rings. The quantitative estimate of drug-likeness (QED) is 0.682. The van der Waals surface area contributed by atoms with E-state index in [9.17, 15) is 18.0 Å². The third kappa shape index (κ3) is 1.95. The van der Waals surface area contributed by atoms with Gasteiger partial charge in [-0.1, -0.05) is 0 Å². The molecule has 1 heterocycles. The molecule has 0 radical (unpaired) electrons. The van der Waals surface area contributed by atoms with Crippen molar-refractivity contribution in [1.29, 1.82) is 0 Å². The number of hydrogen-bond donors (Lipinski definition) is 1. The predicted octanol–water partition coefficient (Wildman–Crippen LogP) is 1.50. The van der Waals surface area contributed by atoms with Crippen LogP contribution < -0.4 is 5.73 Å². The van der Waals surface area contributed by atoms with Crippen molar-refractivity contribution in [2.75, 3.05) is 5.73 Å². The van der Waals surface area contributed by atoms with Gasteiger partial charge >= 0.3 is 6.18 Å². The number of carbonyl (C=O) groups is 1. The molecule has 0 aliphatic rings. The fourth-order valence-corrected chi connectivity index (χ4v) is 0.789. The Morgan fingerprint density at radius 2 is 2.08 bits per heavy atom. The Bertz CT molecular complexity index is 335. The zero-order valence-electron chi connectivity index (χ0n) is 6.30.